The van der Waals surface area contributed by atoms with Crippen LogP contribution in [0.15, 0.2) is 5.16 Å². The van der Waals surface area contributed by atoms with Crippen LogP contribution in [0.25, 0.3) is 0 Å². The Hall–Kier alpha value is -0.570. The molecule has 2 rings (SSSR count). The highest BCUT2D eigenvalue weighted by Crippen LogP contribution is 2.63. The molecule has 3 heteroatoms. The maximum absolute atomic E-state index is 8.96. The molecular weight excluding hydrogens is 164 g/mol. The minimum atomic E-state index is -0.0289. The van der Waals surface area contributed by atoms with E-state index < -0.39 is 0 Å². The van der Waals surface area contributed by atoms with Crippen molar-refractivity contribution in [3.05, 3.63) is 0 Å². The van der Waals surface area contributed by atoms with Gasteiger partial charge in [-0.25, -0.2) is 0 Å². The van der Waals surface area contributed by atoms with Gasteiger partial charge in [0.15, 0.2) is 0 Å². The van der Waals surface area contributed by atoms with Crippen molar-refractivity contribution >= 4 is 5.71 Å². The highest BCUT2D eigenvalue weighted by atomic mass is 16.4. The van der Waals surface area contributed by atoms with Gasteiger partial charge >= 0.3 is 0 Å². The molecule has 74 valence electrons. The molecule has 0 aliphatic heterocycles. The van der Waals surface area contributed by atoms with Crippen LogP contribution in [-0.4, -0.2) is 17.0 Å². The summed E-state index contributed by atoms with van der Waals surface area (Å²) in [5.74, 6) is 0.489. The summed E-state index contributed by atoms with van der Waals surface area (Å²) < 4.78 is 0. The van der Waals surface area contributed by atoms with Crippen molar-refractivity contribution in [2.24, 2.45) is 27.6 Å². The van der Waals surface area contributed by atoms with E-state index in [9.17, 15) is 0 Å². The second-order valence-corrected chi connectivity index (χ2v) is 5.21. The molecule has 2 aliphatic carbocycles. The van der Waals surface area contributed by atoms with E-state index in [4.69, 9.17) is 10.9 Å². The zero-order chi connectivity index (χ0) is 9.85. The molecular formula is C10H18N2O. The Bertz CT molecular complexity index is 272. The van der Waals surface area contributed by atoms with Gasteiger partial charge in [-0.05, 0) is 24.2 Å². The average Bonchev–Trinajstić information content (AvgIpc) is 2.32. The van der Waals surface area contributed by atoms with Crippen LogP contribution in [0.5, 0.6) is 0 Å². The van der Waals surface area contributed by atoms with Crippen molar-refractivity contribution in [3.8, 4) is 0 Å². The molecule has 0 aromatic carbocycles. The number of nitrogens with two attached hydrogens (primary N) is 1. The Labute approximate surface area is 79.0 Å². The summed E-state index contributed by atoms with van der Waals surface area (Å²) in [7, 11) is 0. The van der Waals surface area contributed by atoms with Crippen LogP contribution in [0, 0.1) is 16.7 Å². The van der Waals surface area contributed by atoms with Crippen molar-refractivity contribution in [1.82, 2.24) is 0 Å². The SMILES string of the molecule is CC1(C)[C@H]2CC[C@]1(C)/C(=N/O)[C@@H]2N. The molecule has 0 radical (unpaired) electrons. The number of hydrogen-bond acceptors (Lipinski definition) is 3. The van der Waals surface area contributed by atoms with Gasteiger partial charge < -0.3 is 10.9 Å². The number of hydrogen-bond donors (Lipinski definition) is 2. The van der Waals surface area contributed by atoms with E-state index in [0.717, 1.165) is 12.1 Å². The number of oxime groups is 1. The van der Waals surface area contributed by atoms with Gasteiger partial charge in [0.1, 0.15) is 0 Å². The summed E-state index contributed by atoms with van der Waals surface area (Å²) >= 11 is 0. The van der Waals surface area contributed by atoms with Crippen LogP contribution in [0.4, 0.5) is 0 Å². The Morgan fingerprint density at radius 2 is 2.08 bits per heavy atom. The van der Waals surface area contributed by atoms with E-state index in [0.29, 0.717) is 5.92 Å². The fraction of sp³-hybridized carbons (Fsp3) is 0.900. The molecule has 0 amide bonds. The molecule has 2 aliphatic rings. The Kier molecular flexibility index (Phi) is 1.57. The zero-order valence-electron chi connectivity index (χ0n) is 8.54. The summed E-state index contributed by atoms with van der Waals surface area (Å²) in [5, 5.41) is 12.4. The smallest absolute Gasteiger partial charge is 0.0804 e. The average molecular weight is 182 g/mol. The molecule has 0 heterocycles. The highest BCUT2D eigenvalue weighted by molar-refractivity contribution is 5.98. The molecule has 2 fully saturated rings. The number of nitrogens with zero attached hydrogens (tertiary/aromatic N) is 1. The maximum atomic E-state index is 8.96. The van der Waals surface area contributed by atoms with Crippen molar-refractivity contribution in [2.75, 3.05) is 0 Å². The predicted octanol–water partition coefficient (Wildman–Crippen LogP) is 1.60. The molecule has 2 saturated carbocycles. The van der Waals surface area contributed by atoms with Gasteiger partial charge in [0, 0.05) is 5.41 Å². The van der Waals surface area contributed by atoms with E-state index in [1.165, 1.54) is 6.42 Å². The summed E-state index contributed by atoms with van der Waals surface area (Å²) in [4.78, 5) is 0. The van der Waals surface area contributed by atoms with E-state index in [1.807, 2.05) is 0 Å². The Morgan fingerprint density at radius 1 is 1.46 bits per heavy atom. The van der Waals surface area contributed by atoms with Crippen LogP contribution in [0.1, 0.15) is 33.6 Å². The fourth-order valence-corrected chi connectivity index (χ4v) is 3.36. The van der Waals surface area contributed by atoms with Gasteiger partial charge in [0.05, 0.1) is 11.8 Å². The van der Waals surface area contributed by atoms with E-state index in [1.54, 1.807) is 0 Å². The monoisotopic (exact) mass is 182 g/mol. The lowest BCUT2D eigenvalue weighted by atomic mass is 9.70. The number of rotatable bonds is 0. The first-order valence-electron chi connectivity index (χ1n) is 4.93. The van der Waals surface area contributed by atoms with E-state index in [2.05, 4.69) is 25.9 Å². The number of fused-ring (bicyclic) bond motifs is 2. The molecule has 3 atom stereocenters. The van der Waals surface area contributed by atoms with Gasteiger partial charge in [-0.3, -0.25) is 0 Å². The molecule has 3 nitrogen and oxygen atoms in total. The summed E-state index contributed by atoms with van der Waals surface area (Å²) in [6, 6.07) is -0.0289. The minimum Gasteiger partial charge on any atom is -0.411 e. The molecule has 13 heavy (non-hydrogen) atoms. The molecule has 0 unspecified atom stereocenters. The Balaban J connectivity index is 2.52. The molecule has 0 saturated heterocycles. The molecule has 0 aromatic rings. The normalized spacial score (nSPS) is 50.3. The van der Waals surface area contributed by atoms with Crippen LogP contribution in [-0.2, 0) is 0 Å². The summed E-state index contributed by atoms with van der Waals surface area (Å²) in [5.41, 5.74) is 7.07. The quantitative estimate of drug-likeness (QED) is 0.441. The van der Waals surface area contributed by atoms with Crippen molar-refractivity contribution in [1.29, 1.82) is 0 Å². The minimum absolute atomic E-state index is 0.0197. The first-order chi connectivity index (χ1) is 5.95. The highest BCUT2D eigenvalue weighted by Gasteiger charge is 2.64. The topological polar surface area (TPSA) is 58.6 Å². The van der Waals surface area contributed by atoms with Gasteiger partial charge in [0.2, 0.25) is 0 Å². The second-order valence-electron chi connectivity index (χ2n) is 5.21. The van der Waals surface area contributed by atoms with Crippen molar-refractivity contribution in [3.63, 3.8) is 0 Å². The molecule has 3 N–H and O–H groups in total. The second kappa shape index (κ2) is 2.27. The fourth-order valence-electron chi connectivity index (χ4n) is 3.36. The first kappa shape index (κ1) is 9.00. The lowest BCUT2D eigenvalue weighted by molar-refractivity contribution is 0.186. The first-order valence-corrected chi connectivity index (χ1v) is 4.93. The largest absolute Gasteiger partial charge is 0.411 e. The Morgan fingerprint density at radius 3 is 2.38 bits per heavy atom. The maximum Gasteiger partial charge on any atom is 0.0804 e. The lowest BCUT2D eigenvalue weighted by Crippen LogP contribution is -2.39. The van der Waals surface area contributed by atoms with Crippen LogP contribution in [0.2, 0.25) is 0 Å². The molecule has 0 spiro atoms. The summed E-state index contributed by atoms with van der Waals surface area (Å²) in [6.07, 6.45) is 2.28. The van der Waals surface area contributed by atoms with Crippen molar-refractivity contribution < 1.29 is 5.21 Å². The summed E-state index contributed by atoms with van der Waals surface area (Å²) in [6.45, 7) is 6.65. The zero-order valence-corrected chi connectivity index (χ0v) is 8.54. The van der Waals surface area contributed by atoms with Crippen LogP contribution in [0.3, 0.4) is 0 Å². The lowest BCUT2D eigenvalue weighted by Gasteiger charge is -2.33. The van der Waals surface area contributed by atoms with Gasteiger partial charge in [-0.2, -0.15) is 0 Å². The molecule has 2 bridgehead atoms. The third-order valence-electron chi connectivity index (χ3n) is 4.73. The van der Waals surface area contributed by atoms with Crippen molar-refractivity contribution in [2.45, 2.75) is 39.7 Å². The van der Waals surface area contributed by atoms with E-state index >= 15 is 0 Å². The van der Waals surface area contributed by atoms with Gasteiger partial charge in [-0.15, -0.1) is 0 Å². The predicted molar refractivity (Wildman–Crippen MR) is 51.8 cm³/mol. The third kappa shape index (κ3) is 0.766. The molecule has 0 aromatic heterocycles. The third-order valence-corrected chi connectivity index (χ3v) is 4.73. The van der Waals surface area contributed by atoms with Crippen LogP contribution >= 0.6 is 0 Å². The van der Waals surface area contributed by atoms with E-state index in [-0.39, 0.29) is 16.9 Å². The van der Waals surface area contributed by atoms with Crippen LogP contribution < -0.4 is 5.73 Å². The van der Waals surface area contributed by atoms with Gasteiger partial charge in [-0.1, -0.05) is 25.9 Å². The standard InChI is InChI=1S/C10H18N2O/c1-9(2)6-4-5-10(9,3)8(12-13)7(6)11/h6-7,13H,4-5,11H2,1-3H3/b12-8+/t6-,7+,10+/m0/s1. The van der Waals surface area contributed by atoms with Gasteiger partial charge in [0.25, 0.3) is 0 Å².